The number of allylic oxidation sites excluding steroid dienone is 1. The van der Waals surface area contributed by atoms with Gasteiger partial charge in [-0.1, -0.05) is 114 Å². The number of aryl methyl sites for hydroxylation is 1. The van der Waals surface area contributed by atoms with Gasteiger partial charge >= 0.3 is 0 Å². The van der Waals surface area contributed by atoms with Crippen LogP contribution in [0.25, 0.3) is 62.2 Å². The quantitative estimate of drug-likeness (QED) is 0.0564. The standard InChI is InChI=1S/C24H26N4O3S.C22H19N3O3S.C19H17N3O3S.H2/c1-16(2)32(30,31)20-10-8-19(9-11-20)22-14-27-15-23(28-22)24(29)12-21(25)18-6-4-17(5-7-18)13-26-3;1-15(2)29(26,27)18-10-8-17(9-11-18)20-13-23-14-21(24-20)22-12-19(25-28-22)16-6-4-3-5-7-16;1-13-18(19(23)21-15-6-4-3-5-7-15)22-17(12-20-13)14-8-10-16(11-9-14)26(2,24)25;/h4-12,14-16,26H,13,25H2,1-3H3;3-15H,1-2H3;3-12H,1-2H3,(H,21,23);1H. The Hall–Kier alpha value is -9.74. The molecule has 0 aliphatic heterocycles. The Morgan fingerprint density at radius 3 is 1.59 bits per heavy atom. The van der Waals surface area contributed by atoms with E-state index in [1.54, 1.807) is 114 Å². The Labute approximate surface area is 507 Å². The smallest absolute Gasteiger partial charge is 0.276 e. The van der Waals surface area contributed by atoms with Crippen molar-refractivity contribution in [2.45, 2.75) is 66.3 Å². The van der Waals surface area contributed by atoms with Crippen molar-refractivity contribution in [2.75, 3.05) is 18.6 Å². The first-order valence-electron chi connectivity index (χ1n) is 27.1. The normalized spacial score (nSPS) is 11.7. The molecule has 4 N–H and O–H groups in total. The molecular weight excluding hydrogens is 1160 g/mol. The first-order valence-corrected chi connectivity index (χ1v) is 32.1. The number of para-hydroxylation sites is 1. The van der Waals surface area contributed by atoms with E-state index in [4.69, 9.17) is 10.3 Å². The molecule has 446 valence electrons. The van der Waals surface area contributed by atoms with Crippen LogP contribution < -0.4 is 16.4 Å². The van der Waals surface area contributed by atoms with Crippen LogP contribution in [-0.4, -0.2) is 95.8 Å². The molecule has 0 radical (unpaired) electrons. The van der Waals surface area contributed by atoms with Crippen LogP contribution in [0.15, 0.2) is 220 Å². The Balaban J connectivity index is 0.000000188. The van der Waals surface area contributed by atoms with Gasteiger partial charge in [-0.25, -0.2) is 40.2 Å². The van der Waals surface area contributed by atoms with E-state index >= 15 is 0 Å². The fourth-order valence-corrected chi connectivity index (χ4v) is 11.0. The summed E-state index contributed by atoms with van der Waals surface area (Å²) < 4.78 is 77.8. The number of hydrogen-bond donors (Lipinski definition) is 3. The van der Waals surface area contributed by atoms with Gasteiger partial charge in [0.25, 0.3) is 5.91 Å². The van der Waals surface area contributed by atoms with Crippen LogP contribution in [0.5, 0.6) is 0 Å². The molecule has 0 atom stereocenters. The van der Waals surface area contributed by atoms with E-state index in [9.17, 15) is 34.8 Å². The zero-order valence-electron chi connectivity index (χ0n) is 48.5. The van der Waals surface area contributed by atoms with Crippen molar-refractivity contribution in [1.82, 2.24) is 40.4 Å². The lowest BCUT2D eigenvalue weighted by molar-refractivity contribution is 0.101. The molecule has 0 aliphatic carbocycles. The van der Waals surface area contributed by atoms with Crippen molar-refractivity contribution < 1.29 is 40.8 Å². The lowest BCUT2D eigenvalue weighted by Gasteiger charge is -2.09. The predicted octanol–water partition coefficient (Wildman–Crippen LogP) is 11.2. The number of amides is 1. The molecule has 1 amide bonds. The van der Waals surface area contributed by atoms with E-state index in [-0.39, 0.29) is 34.3 Å². The summed E-state index contributed by atoms with van der Waals surface area (Å²) in [6.45, 7) is 9.07. The fraction of sp³-hybridized carbons (Fsp3) is 0.154. The summed E-state index contributed by atoms with van der Waals surface area (Å²) in [7, 11) is -8.06. The third-order valence-corrected chi connectivity index (χ3v) is 18.8. The fourth-order valence-electron chi connectivity index (χ4n) is 8.27. The van der Waals surface area contributed by atoms with E-state index in [0.717, 1.165) is 40.7 Å². The second kappa shape index (κ2) is 28.0. The molecule has 10 rings (SSSR count). The monoisotopic (exact) mass is 1220 g/mol. The Morgan fingerprint density at radius 2 is 1.06 bits per heavy atom. The molecule has 0 bridgehead atoms. The molecule has 0 unspecified atom stereocenters. The molecule has 87 heavy (non-hydrogen) atoms. The molecule has 0 saturated carbocycles. The highest BCUT2D eigenvalue weighted by molar-refractivity contribution is 7.92. The van der Waals surface area contributed by atoms with E-state index in [0.29, 0.717) is 61.6 Å². The van der Waals surface area contributed by atoms with Gasteiger partial charge in [-0.3, -0.25) is 24.5 Å². The third kappa shape index (κ3) is 16.2. The van der Waals surface area contributed by atoms with Gasteiger partial charge in [-0.15, -0.1) is 0 Å². The molecule has 4 aromatic heterocycles. The van der Waals surface area contributed by atoms with Crippen molar-refractivity contribution in [3.05, 3.63) is 229 Å². The highest BCUT2D eigenvalue weighted by Crippen LogP contribution is 2.29. The molecule has 10 aromatic rings. The van der Waals surface area contributed by atoms with Crippen molar-refractivity contribution in [1.29, 1.82) is 0 Å². The Kier molecular flexibility index (Phi) is 20.3. The second-order valence-corrected chi connectivity index (χ2v) is 27.3. The van der Waals surface area contributed by atoms with Gasteiger partial charge in [0.1, 0.15) is 22.8 Å². The zero-order chi connectivity index (χ0) is 62.5. The van der Waals surface area contributed by atoms with Gasteiger partial charge in [-0.05, 0) is 101 Å². The lowest BCUT2D eigenvalue weighted by atomic mass is 10.1. The topological polar surface area (TPSA) is 290 Å². The van der Waals surface area contributed by atoms with Crippen LogP contribution in [0, 0.1) is 6.92 Å². The summed E-state index contributed by atoms with van der Waals surface area (Å²) in [6, 6.07) is 47.6. The molecule has 6 aromatic carbocycles. The minimum atomic E-state index is -3.36. The number of aromatic nitrogens is 7. The summed E-state index contributed by atoms with van der Waals surface area (Å²) in [5.74, 6) is -0.205. The van der Waals surface area contributed by atoms with Crippen LogP contribution in [0.1, 0.15) is 66.9 Å². The van der Waals surface area contributed by atoms with Crippen LogP contribution in [0.4, 0.5) is 5.69 Å². The van der Waals surface area contributed by atoms with Crippen molar-refractivity contribution in [3.63, 3.8) is 0 Å². The summed E-state index contributed by atoms with van der Waals surface area (Å²) in [5, 5.41) is 8.99. The minimum Gasteiger partial charge on any atom is -0.398 e. The van der Waals surface area contributed by atoms with Gasteiger partial charge in [0, 0.05) is 60.0 Å². The minimum absolute atomic E-state index is 0. The molecule has 0 saturated heterocycles. The number of hydrogen-bond acceptors (Lipinski definition) is 18. The number of carbonyl (C=O) groups excluding carboxylic acids is 2. The lowest BCUT2D eigenvalue weighted by Crippen LogP contribution is -2.16. The van der Waals surface area contributed by atoms with Crippen molar-refractivity contribution in [2.24, 2.45) is 5.73 Å². The van der Waals surface area contributed by atoms with Gasteiger partial charge < -0.3 is 20.9 Å². The van der Waals surface area contributed by atoms with Gasteiger partial charge in [-0.2, -0.15) is 0 Å². The van der Waals surface area contributed by atoms with Gasteiger partial charge in [0.05, 0.1) is 78.9 Å². The van der Waals surface area contributed by atoms with Crippen LogP contribution in [-0.2, 0) is 36.1 Å². The van der Waals surface area contributed by atoms with E-state index in [1.807, 2.05) is 85.9 Å². The number of benzene rings is 6. The zero-order valence-corrected chi connectivity index (χ0v) is 51.0. The number of carbonyl (C=O) groups is 2. The molecule has 22 heteroatoms. The average Bonchev–Trinajstić information content (AvgIpc) is 2.64. The molecule has 0 spiro atoms. The molecule has 0 aliphatic rings. The summed E-state index contributed by atoms with van der Waals surface area (Å²) in [5.41, 5.74) is 15.8. The molecular formula is C65H64N10O9S3. The molecule has 4 heterocycles. The number of ketones is 1. The van der Waals surface area contributed by atoms with Gasteiger partial charge in [0.2, 0.25) is 5.78 Å². The van der Waals surface area contributed by atoms with Gasteiger partial charge in [0.15, 0.2) is 35.3 Å². The van der Waals surface area contributed by atoms with Crippen LogP contribution in [0.3, 0.4) is 0 Å². The van der Waals surface area contributed by atoms with Crippen LogP contribution in [0.2, 0.25) is 0 Å². The maximum absolute atomic E-state index is 12.7. The van der Waals surface area contributed by atoms with E-state index in [1.165, 1.54) is 42.7 Å². The van der Waals surface area contributed by atoms with E-state index in [2.05, 4.69) is 45.7 Å². The van der Waals surface area contributed by atoms with Crippen LogP contribution >= 0.6 is 0 Å². The average molecular weight is 1230 g/mol. The Morgan fingerprint density at radius 1 is 0.575 bits per heavy atom. The first-order chi connectivity index (χ1) is 41.5. The molecule has 0 fully saturated rings. The number of nitrogens with zero attached hydrogens (tertiary/aromatic N) is 7. The highest BCUT2D eigenvalue weighted by Gasteiger charge is 2.22. The van der Waals surface area contributed by atoms with Crippen molar-refractivity contribution >= 4 is 52.6 Å². The third-order valence-electron chi connectivity index (χ3n) is 13.3. The number of anilines is 1. The molecule has 19 nitrogen and oxygen atoms in total. The van der Waals surface area contributed by atoms with E-state index < -0.39 is 40.0 Å². The maximum Gasteiger partial charge on any atom is 0.276 e. The van der Waals surface area contributed by atoms with Crippen molar-refractivity contribution in [3.8, 4) is 56.5 Å². The summed E-state index contributed by atoms with van der Waals surface area (Å²) in [6.07, 6.45) is 10.2. The number of nitrogens with one attached hydrogen (secondary N) is 2. The predicted molar refractivity (Wildman–Crippen MR) is 338 cm³/mol. The maximum atomic E-state index is 12.7. The number of nitrogens with two attached hydrogens (primary N) is 1. The largest absolute Gasteiger partial charge is 0.398 e. The first kappa shape index (κ1) is 63.3. The summed E-state index contributed by atoms with van der Waals surface area (Å²) >= 11 is 0. The second-order valence-electron chi connectivity index (χ2n) is 20.3. The Bertz CT molecular complexity index is 4420. The summed E-state index contributed by atoms with van der Waals surface area (Å²) in [4.78, 5) is 52.0. The number of rotatable bonds is 17. The SMILES string of the molecule is CC(C)S(=O)(=O)c1ccc(-c2cncc(-c3cc(-c4ccccc4)no3)n2)cc1.CNCc1ccc(C(N)=CC(=O)c2cncc(-c3ccc(S(=O)(=O)C(C)C)cc3)n2)cc1.Cc1ncc(-c2ccc(S(C)(=O)=O)cc2)nc1C(=O)Nc1ccccc1.[HH]. The highest BCUT2D eigenvalue weighted by atomic mass is 32.2. The number of sulfone groups is 3.